The van der Waals surface area contributed by atoms with Gasteiger partial charge in [0.25, 0.3) is 0 Å². The van der Waals surface area contributed by atoms with Crippen LogP contribution in [-0.2, 0) is 10.0 Å². The highest BCUT2D eigenvalue weighted by Crippen LogP contribution is 2.25. The van der Waals surface area contributed by atoms with E-state index in [1.165, 1.54) is 0 Å². The Balaban J connectivity index is 1.63. The number of β-amino-alcohol motifs (C(OH)–C–C–N with tert-alkyl or cyclic N) is 1. The number of hydrogen-bond donors (Lipinski definition) is 1. The smallest absolute Gasteiger partial charge is 0.243 e. The summed E-state index contributed by atoms with van der Waals surface area (Å²) in [5.41, 5.74) is 0. The van der Waals surface area contributed by atoms with Crippen LogP contribution in [0.5, 0.6) is 0 Å². The van der Waals surface area contributed by atoms with Gasteiger partial charge in [-0.05, 0) is 31.4 Å². The van der Waals surface area contributed by atoms with Gasteiger partial charge in [0, 0.05) is 32.2 Å². The molecular weight excluding hydrogens is 288 g/mol. The molecule has 2 saturated heterocycles. The second kappa shape index (κ2) is 6.04. The maximum Gasteiger partial charge on any atom is 0.243 e. The fourth-order valence-corrected chi connectivity index (χ4v) is 4.78. The Kier molecular flexibility index (Phi) is 4.31. The largest absolute Gasteiger partial charge is 0.392 e. The second-order valence-corrected chi connectivity index (χ2v) is 7.82. The van der Waals surface area contributed by atoms with Crippen LogP contribution in [0.4, 0.5) is 0 Å². The van der Waals surface area contributed by atoms with Crippen LogP contribution in [0.15, 0.2) is 35.2 Å². The van der Waals surface area contributed by atoms with Crippen LogP contribution in [0, 0.1) is 0 Å². The zero-order valence-corrected chi connectivity index (χ0v) is 12.9. The molecule has 1 N–H and O–H groups in total. The first-order valence-electron chi connectivity index (χ1n) is 7.55. The molecule has 116 valence electrons. The van der Waals surface area contributed by atoms with Gasteiger partial charge < -0.3 is 5.11 Å². The lowest BCUT2D eigenvalue weighted by molar-refractivity contribution is 0.132. The standard InChI is InChI=1S/C15H22N2O3S/c18-14-8-9-16(12-14)13-6-10-17(11-7-13)21(19,20)15-4-2-1-3-5-15/h1-5,13-14,18H,6-12H2/t14-/m1/s1. The van der Waals surface area contributed by atoms with E-state index in [4.69, 9.17) is 0 Å². The molecule has 0 spiro atoms. The summed E-state index contributed by atoms with van der Waals surface area (Å²) in [6, 6.07) is 9.04. The van der Waals surface area contributed by atoms with Crippen molar-refractivity contribution in [2.45, 2.75) is 36.3 Å². The molecule has 2 heterocycles. The lowest BCUT2D eigenvalue weighted by atomic mass is 10.1. The number of rotatable bonds is 3. The number of piperidine rings is 1. The molecular formula is C15H22N2O3S. The van der Waals surface area contributed by atoms with Gasteiger partial charge in [0.1, 0.15) is 0 Å². The van der Waals surface area contributed by atoms with Crippen molar-refractivity contribution >= 4 is 10.0 Å². The Bertz CT molecular complexity index is 568. The van der Waals surface area contributed by atoms with E-state index >= 15 is 0 Å². The molecule has 3 rings (SSSR count). The van der Waals surface area contributed by atoms with E-state index < -0.39 is 10.0 Å². The van der Waals surface area contributed by atoms with E-state index in [9.17, 15) is 13.5 Å². The number of likely N-dealkylation sites (tertiary alicyclic amines) is 1. The Morgan fingerprint density at radius 2 is 1.67 bits per heavy atom. The van der Waals surface area contributed by atoms with Crippen molar-refractivity contribution in [1.82, 2.24) is 9.21 Å². The van der Waals surface area contributed by atoms with Crippen LogP contribution >= 0.6 is 0 Å². The minimum Gasteiger partial charge on any atom is -0.392 e. The molecule has 0 amide bonds. The van der Waals surface area contributed by atoms with Crippen LogP contribution in [0.3, 0.4) is 0 Å². The minimum atomic E-state index is -3.35. The molecule has 0 aliphatic carbocycles. The summed E-state index contributed by atoms with van der Waals surface area (Å²) in [7, 11) is -3.35. The highest BCUT2D eigenvalue weighted by molar-refractivity contribution is 7.89. The fraction of sp³-hybridized carbons (Fsp3) is 0.600. The Morgan fingerprint density at radius 3 is 2.24 bits per heavy atom. The number of aliphatic hydroxyl groups is 1. The number of sulfonamides is 1. The molecule has 2 aliphatic rings. The summed E-state index contributed by atoms with van der Waals surface area (Å²) in [6.07, 6.45) is 2.32. The highest BCUT2D eigenvalue weighted by Gasteiger charge is 2.33. The SMILES string of the molecule is O=S(=O)(c1ccccc1)N1CCC(N2CC[C@@H](O)C2)CC1. The lowest BCUT2D eigenvalue weighted by Crippen LogP contribution is -2.46. The third kappa shape index (κ3) is 3.13. The monoisotopic (exact) mass is 310 g/mol. The van der Waals surface area contributed by atoms with E-state index in [0.717, 1.165) is 32.4 Å². The maximum absolute atomic E-state index is 12.5. The van der Waals surface area contributed by atoms with E-state index in [0.29, 0.717) is 24.0 Å². The topological polar surface area (TPSA) is 60.9 Å². The van der Waals surface area contributed by atoms with Crippen LogP contribution in [0.1, 0.15) is 19.3 Å². The van der Waals surface area contributed by atoms with E-state index in [1.807, 2.05) is 6.07 Å². The van der Waals surface area contributed by atoms with Crippen molar-refractivity contribution in [3.63, 3.8) is 0 Å². The van der Waals surface area contributed by atoms with Gasteiger partial charge in [-0.25, -0.2) is 8.42 Å². The first-order chi connectivity index (χ1) is 10.1. The van der Waals surface area contributed by atoms with Gasteiger partial charge in [-0.3, -0.25) is 4.90 Å². The quantitative estimate of drug-likeness (QED) is 0.901. The van der Waals surface area contributed by atoms with Crippen LogP contribution in [-0.4, -0.2) is 61.1 Å². The maximum atomic E-state index is 12.5. The average molecular weight is 310 g/mol. The third-order valence-electron chi connectivity index (χ3n) is 4.52. The van der Waals surface area contributed by atoms with Gasteiger partial charge in [0.2, 0.25) is 10.0 Å². The highest BCUT2D eigenvalue weighted by atomic mass is 32.2. The van der Waals surface area contributed by atoms with Gasteiger partial charge in [-0.15, -0.1) is 0 Å². The summed E-state index contributed by atoms with van der Waals surface area (Å²) in [4.78, 5) is 2.68. The summed E-state index contributed by atoms with van der Waals surface area (Å²) in [6.45, 7) is 2.79. The predicted octanol–water partition coefficient (Wildman–Crippen LogP) is 0.906. The second-order valence-electron chi connectivity index (χ2n) is 5.89. The summed E-state index contributed by atoms with van der Waals surface area (Å²) in [5, 5.41) is 9.61. The molecule has 21 heavy (non-hydrogen) atoms. The van der Waals surface area contributed by atoms with Crippen LogP contribution in [0.25, 0.3) is 0 Å². The Labute approximate surface area is 126 Å². The number of aliphatic hydroxyl groups excluding tert-OH is 1. The summed E-state index contributed by atoms with van der Waals surface area (Å²) >= 11 is 0. The molecule has 1 atom stereocenters. The average Bonchev–Trinajstić information content (AvgIpc) is 2.95. The number of benzene rings is 1. The summed E-state index contributed by atoms with van der Waals surface area (Å²) < 4.78 is 26.7. The third-order valence-corrected chi connectivity index (χ3v) is 6.43. The molecule has 0 radical (unpaired) electrons. The van der Waals surface area contributed by atoms with Crippen molar-refractivity contribution in [3.05, 3.63) is 30.3 Å². The van der Waals surface area contributed by atoms with E-state index in [2.05, 4.69) is 4.90 Å². The van der Waals surface area contributed by atoms with Gasteiger partial charge in [0.15, 0.2) is 0 Å². The summed E-state index contributed by atoms with van der Waals surface area (Å²) in [5.74, 6) is 0. The van der Waals surface area contributed by atoms with Crippen molar-refractivity contribution < 1.29 is 13.5 Å². The first kappa shape index (κ1) is 15.0. The molecule has 0 aromatic heterocycles. The van der Waals surface area contributed by atoms with Crippen molar-refractivity contribution in [3.8, 4) is 0 Å². The number of nitrogens with zero attached hydrogens (tertiary/aromatic N) is 2. The normalized spacial score (nSPS) is 26.2. The van der Waals surface area contributed by atoms with Crippen molar-refractivity contribution in [2.24, 2.45) is 0 Å². The zero-order valence-electron chi connectivity index (χ0n) is 12.1. The van der Waals surface area contributed by atoms with E-state index in [1.54, 1.807) is 28.6 Å². The Morgan fingerprint density at radius 1 is 1.00 bits per heavy atom. The van der Waals surface area contributed by atoms with Crippen molar-refractivity contribution in [2.75, 3.05) is 26.2 Å². The van der Waals surface area contributed by atoms with Crippen LogP contribution in [0.2, 0.25) is 0 Å². The molecule has 5 nitrogen and oxygen atoms in total. The molecule has 0 unspecified atom stereocenters. The Hall–Kier alpha value is -0.950. The van der Waals surface area contributed by atoms with Gasteiger partial charge >= 0.3 is 0 Å². The first-order valence-corrected chi connectivity index (χ1v) is 8.99. The van der Waals surface area contributed by atoms with Crippen molar-refractivity contribution in [1.29, 1.82) is 0 Å². The minimum absolute atomic E-state index is 0.212. The molecule has 1 aromatic rings. The number of hydrogen-bond acceptors (Lipinski definition) is 4. The predicted molar refractivity (Wildman–Crippen MR) is 80.4 cm³/mol. The lowest BCUT2D eigenvalue weighted by Gasteiger charge is -2.36. The van der Waals surface area contributed by atoms with Crippen LogP contribution < -0.4 is 0 Å². The van der Waals surface area contributed by atoms with Gasteiger partial charge in [-0.1, -0.05) is 18.2 Å². The molecule has 2 aliphatic heterocycles. The van der Waals surface area contributed by atoms with Gasteiger partial charge in [-0.2, -0.15) is 4.31 Å². The molecule has 1 aromatic carbocycles. The zero-order chi connectivity index (χ0) is 14.9. The van der Waals surface area contributed by atoms with E-state index in [-0.39, 0.29) is 6.10 Å². The molecule has 0 saturated carbocycles. The van der Waals surface area contributed by atoms with Gasteiger partial charge in [0.05, 0.1) is 11.0 Å². The fourth-order valence-electron chi connectivity index (χ4n) is 3.29. The molecule has 0 bridgehead atoms. The molecule has 2 fully saturated rings. The molecule has 6 heteroatoms.